The third-order valence-electron chi connectivity index (χ3n) is 4.09. The van der Waals surface area contributed by atoms with Gasteiger partial charge in [0.2, 0.25) is 5.89 Å². The van der Waals surface area contributed by atoms with Crippen LogP contribution in [0.2, 0.25) is 0 Å². The van der Waals surface area contributed by atoms with Gasteiger partial charge >= 0.3 is 5.95 Å². The number of oxazole rings is 1. The first-order valence-electron chi connectivity index (χ1n) is 7.75. The van der Waals surface area contributed by atoms with Gasteiger partial charge in [0.1, 0.15) is 5.69 Å². The van der Waals surface area contributed by atoms with E-state index < -0.39 is 0 Å². The second-order valence-corrected chi connectivity index (χ2v) is 5.85. The number of allylic oxidation sites excluding steroid dienone is 1. The van der Waals surface area contributed by atoms with E-state index in [-0.39, 0.29) is 5.95 Å². The fraction of sp³-hybridized carbons (Fsp3) is 0.100. The van der Waals surface area contributed by atoms with E-state index in [0.29, 0.717) is 11.6 Å². The minimum atomic E-state index is -0.185. The van der Waals surface area contributed by atoms with Crippen molar-refractivity contribution in [3.05, 3.63) is 65.4 Å². The number of aromatic nitrogens is 1. The summed E-state index contributed by atoms with van der Waals surface area (Å²) in [5, 5.41) is 10.1. The molecular weight excluding hydrogens is 300 g/mol. The summed E-state index contributed by atoms with van der Waals surface area (Å²) in [4.78, 5) is 8.97. The normalized spacial score (nSPS) is 14.8. The fourth-order valence-corrected chi connectivity index (χ4v) is 2.79. The number of benzene rings is 2. The van der Waals surface area contributed by atoms with E-state index >= 15 is 0 Å². The molecule has 0 bridgehead atoms. The first kappa shape index (κ1) is 14.5. The summed E-state index contributed by atoms with van der Waals surface area (Å²) in [5.41, 5.74) is 6.22. The zero-order chi connectivity index (χ0) is 16.7. The van der Waals surface area contributed by atoms with Gasteiger partial charge in [0.15, 0.2) is 0 Å². The summed E-state index contributed by atoms with van der Waals surface area (Å²) in [5.74, 6) is 0.218. The highest BCUT2D eigenvalue weighted by atomic mass is 16.5. The van der Waals surface area contributed by atoms with Crippen LogP contribution >= 0.6 is 0 Å². The molecule has 0 amide bonds. The van der Waals surface area contributed by atoms with Crippen LogP contribution in [0.3, 0.4) is 0 Å². The molecule has 0 radical (unpaired) electrons. The van der Waals surface area contributed by atoms with Crippen LogP contribution < -0.4 is 0 Å². The summed E-state index contributed by atoms with van der Waals surface area (Å²) in [6.07, 6.45) is 1.82. The Labute approximate surface area is 139 Å². The molecular formula is C20H16N2O2. The van der Waals surface area contributed by atoms with Gasteiger partial charge in [0, 0.05) is 22.4 Å². The molecule has 0 fully saturated rings. The molecule has 1 aromatic heterocycles. The van der Waals surface area contributed by atoms with Crippen molar-refractivity contribution < 1.29 is 9.52 Å². The second kappa shape index (κ2) is 5.49. The molecule has 1 aliphatic heterocycles. The predicted octanol–water partition coefficient (Wildman–Crippen LogP) is 5.00. The number of aryl methyl sites for hydroxylation is 1. The smallest absolute Gasteiger partial charge is 0.310 e. The van der Waals surface area contributed by atoms with Crippen LogP contribution in [0.5, 0.6) is 5.95 Å². The molecule has 4 rings (SSSR count). The summed E-state index contributed by atoms with van der Waals surface area (Å²) < 4.78 is 5.43. The molecule has 3 aromatic rings. The van der Waals surface area contributed by atoms with Crippen molar-refractivity contribution >= 4 is 23.0 Å². The summed E-state index contributed by atoms with van der Waals surface area (Å²) in [6, 6.07) is 15.7. The monoisotopic (exact) mass is 316 g/mol. The number of hydrogen-bond acceptors (Lipinski definition) is 4. The van der Waals surface area contributed by atoms with Crippen LogP contribution in [0.4, 0.5) is 5.69 Å². The Morgan fingerprint density at radius 2 is 1.75 bits per heavy atom. The third-order valence-corrected chi connectivity index (χ3v) is 4.09. The minimum Gasteiger partial charge on any atom is -0.479 e. The molecule has 2 heterocycles. The van der Waals surface area contributed by atoms with E-state index in [2.05, 4.69) is 9.98 Å². The van der Waals surface area contributed by atoms with E-state index in [9.17, 15) is 5.11 Å². The Morgan fingerprint density at radius 3 is 2.54 bits per heavy atom. The van der Waals surface area contributed by atoms with Gasteiger partial charge in [-0.25, -0.2) is 4.98 Å². The van der Waals surface area contributed by atoms with Crippen LogP contribution in [0.1, 0.15) is 23.7 Å². The maximum atomic E-state index is 10.1. The van der Waals surface area contributed by atoms with Crippen LogP contribution in [0, 0.1) is 6.92 Å². The molecule has 0 saturated heterocycles. The molecule has 0 unspecified atom stereocenters. The highest BCUT2D eigenvalue weighted by molar-refractivity contribution is 6.31. The van der Waals surface area contributed by atoms with E-state index in [0.717, 1.165) is 33.7 Å². The topological polar surface area (TPSA) is 58.6 Å². The van der Waals surface area contributed by atoms with E-state index in [1.807, 2.05) is 68.5 Å². The van der Waals surface area contributed by atoms with Crippen molar-refractivity contribution in [3.63, 3.8) is 0 Å². The summed E-state index contributed by atoms with van der Waals surface area (Å²) in [6.45, 7) is 3.97. The molecule has 4 nitrogen and oxygen atoms in total. The van der Waals surface area contributed by atoms with Gasteiger partial charge in [0.25, 0.3) is 0 Å². The van der Waals surface area contributed by atoms with Gasteiger partial charge in [-0.05, 0) is 38.1 Å². The Morgan fingerprint density at radius 1 is 1.00 bits per heavy atom. The number of aliphatic imine (C=N–C) groups is 1. The average Bonchev–Trinajstić information content (AvgIpc) is 3.09. The van der Waals surface area contributed by atoms with E-state index in [1.54, 1.807) is 0 Å². The van der Waals surface area contributed by atoms with Crippen LogP contribution in [0.15, 0.2) is 57.9 Å². The summed E-state index contributed by atoms with van der Waals surface area (Å²) in [7, 11) is 0. The van der Waals surface area contributed by atoms with E-state index in [4.69, 9.17) is 4.42 Å². The van der Waals surface area contributed by atoms with Gasteiger partial charge < -0.3 is 9.52 Å². The zero-order valence-electron chi connectivity index (χ0n) is 13.4. The molecule has 2 aromatic carbocycles. The molecule has 1 aliphatic rings. The minimum absolute atomic E-state index is 0.185. The van der Waals surface area contributed by atoms with Crippen molar-refractivity contribution in [2.24, 2.45) is 4.99 Å². The molecule has 0 aliphatic carbocycles. The van der Waals surface area contributed by atoms with Crippen LogP contribution in [-0.4, -0.2) is 15.8 Å². The number of rotatable bonds is 2. The number of fused-ring (bicyclic) bond motifs is 1. The van der Waals surface area contributed by atoms with E-state index in [1.165, 1.54) is 0 Å². The van der Waals surface area contributed by atoms with Gasteiger partial charge in [-0.15, -0.1) is 0 Å². The summed E-state index contributed by atoms with van der Waals surface area (Å²) >= 11 is 0. The van der Waals surface area contributed by atoms with Gasteiger partial charge in [-0.1, -0.05) is 35.9 Å². The van der Waals surface area contributed by atoms with Crippen molar-refractivity contribution in [3.8, 4) is 17.4 Å². The van der Waals surface area contributed by atoms with Crippen molar-refractivity contribution in [1.29, 1.82) is 0 Å². The quantitative estimate of drug-likeness (QED) is 0.723. The average molecular weight is 316 g/mol. The molecule has 118 valence electrons. The lowest BCUT2D eigenvalue weighted by Crippen LogP contribution is -1.90. The van der Waals surface area contributed by atoms with Gasteiger partial charge in [-0.3, -0.25) is 4.99 Å². The standard InChI is InChI=1S/C20H16N2O2/c1-12-7-9-14(10-8-12)19-22-18(20(23)24-19)11-16-13(2)21-17-6-4-3-5-15(16)17/h3-11,23H,1-2H3/b16-11+. The number of para-hydroxylation sites is 1. The number of hydrogen-bond donors (Lipinski definition) is 1. The zero-order valence-corrected chi connectivity index (χ0v) is 13.4. The Balaban J connectivity index is 1.76. The number of aromatic hydroxyl groups is 1. The number of nitrogens with zero attached hydrogens (tertiary/aromatic N) is 2. The molecule has 0 atom stereocenters. The third kappa shape index (κ3) is 2.42. The Hall–Kier alpha value is -3.14. The van der Waals surface area contributed by atoms with Gasteiger partial charge in [0.05, 0.1) is 5.69 Å². The molecule has 0 spiro atoms. The molecule has 1 N–H and O–H groups in total. The maximum Gasteiger partial charge on any atom is 0.310 e. The lowest BCUT2D eigenvalue weighted by molar-refractivity contribution is 0.336. The van der Waals surface area contributed by atoms with Crippen molar-refractivity contribution in [2.45, 2.75) is 13.8 Å². The van der Waals surface area contributed by atoms with Gasteiger partial charge in [-0.2, -0.15) is 0 Å². The van der Waals surface area contributed by atoms with Crippen molar-refractivity contribution in [2.75, 3.05) is 0 Å². The largest absolute Gasteiger partial charge is 0.479 e. The first-order chi connectivity index (χ1) is 11.6. The van der Waals surface area contributed by atoms with Crippen LogP contribution in [-0.2, 0) is 0 Å². The molecule has 24 heavy (non-hydrogen) atoms. The fourth-order valence-electron chi connectivity index (χ4n) is 2.79. The van der Waals surface area contributed by atoms with Crippen molar-refractivity contribution in [1.82, 2.24) is 4.98 Å². The van der Waals surface area contributed by atoms with Crippen LogP contribution in [0.25, 0.3) is 23.1 Å². The highest BCUT2D eigenvalue weighted by Gasteiger charge is 2.19. The Kier molecular flexibility index (Phi) is 3.31. The second-order valence-electron chi connectivity index (χ2n) is 5.85. The highest BCUT2D eigenvalue weighted by Crippen LogP contribution is 2.37. The molecule has 4 heteroatoms. The lowest BCUT2D eigenvalue weighted by atomic mass is 10.0. The SMILES string of the molecule is CC1=Nc2ccccc2/C1=C/c1nc(-c2ccc(C)cc2)oc1O. The lowest BCUT2D eigenvalue weighted by Gasteiger charge is -1.99. The maximum absolute atomic E-state index is 10.1. The molecule has 0 saturated carbocycles. The predicted molar refractivity (Wildman–Crippen MR) is 95.4 cm³/mol. The first-order valence-corrected chi connectivity index (χ1v) is 7.75. The Bertz CT molecular complexity index is 979.